The van der Waals surface area contributed by atoms with E-state index in [0.717, 1.165) is 31.2 Å². The summed E-state index contributed by atoms with van der Waals surface area (Å²) in [5, 5.41) is 0. The number of hydrogen-bond acceptors (Lipinski definition) is 5. The number of likely N-dealkylation sites (tertiary alicyclic amines) is 1. The topological polar surface area (TPSA) is 69.2 Å². The molecule has 0 amide bonds. The van der Waals surface area contributed by atoms with Crippen LogP contribution < -0.4 is 10.5 Å². The van der Waals surface area contributed by atoms with Gasteiger partial charge in [-0.1, -0.05) is 0 Å². The Morgan fingerprint density at radius 2 is 1.78 bits per heavy atom. The maximum absolute atomic E-state index is 12.7. The summed E-state index contributed by atoms with van der Waals surface area (Å²) in [6, 6.07) is 1.21. The largest absolute Gasteiger partial charge is 0.573 e. The first-order valence-corrected chi connectivity index (χ1v) is 10.4. The molecule has 3 aliphatic rings. The van der Waals surface area contributed by atoms with Gasteiger partial charge < -0.3 is 15.0 Å². The fraction of sp³-hybridized carbons (Fsp3) is 0.600. The highest BCUT2D eigenvalue weighted by atomic mass is 19.4. The fourth-order valence-electron chi connectivity index (χ4n) is 4.74. The SMILES string of the molecule is Nc1ncc(-c2cn(C3[C@H]4CN(CC(F)(F)F)C[C@@H]34)c(CC3CC3)n2)cc1OC(F)(F)F. The van der Waals surface area contributed by atoms with Gasteiger partial charge in [0.15, 0.2) is 11.6 Å². The maximum atomic E-state index is 12.7. The molecule has 0 aromatic carbocycles. The van der Waals surface area contributed by atoms with Gasteiger partial charge in [0.25, 0.3) is 0 Å². The smallest absolute Gasteiger partial charge is 0.402 e. The zero-order chi connectivity index (χ0) is 22.8. The van der Waals surface area contributed by atoms with Crippen LogP contribution in [-0.4, -0.2) is 51.6 Å². The number of piperidine rings is 1. The molecule has 2 N–H and O–H groups in total. The van der Waals surface area contributed by atoms with Gasteiger partial charge >= 0.3 is 12.5 Å². The lowest BCUT2D eigenvalue weighted by Gasteiger charge is -2.21. The molecule has 3 fully saturated rings. The minimum absolute atomic E-state index is 0.0575. The number of fused-ring (bicyclic) bond motifs is 1. The van der Waals surface area contributed by atoms with Crippen LogP contribution in [0.3, 0.4) is 0 Å². The van der Waals surface area contributed by atoms with E-state index in [1.54, 1.807) is 6.20 Å². The second-order valence-corrected chi connectivity index (χ2v) is 8.88. The molecular weight excluding hydrogens is 440 g/mol. The van der Waals surface area contributed by atoms with Gasteiger partial charge in [0, 0.05) is 43.5 Å². The molecular formula is C20H21F6N5O. The van der Waals surface area contributed by atoms with E-state index in [1.165, 1.54) is 11.1 Å². The number of ether oxygens (including phenoxy) is 1. The number of alkyl halides is 6. The number of halogens is 6. The quantitative estimate of drug-likeness (QED) is 0.658. The summed E-state index contributed by atoms with van der Waals surface area (Å²) < 4.78 is 82.0. The molecule has 1 unspecified atom stereocenters. The molecule has 0 bridgehead atoms. The molecule has 6 nitrogen and oxygen atoms in total. The lowest BCUT2D eigenvalue weighted by molar-refractivity contribution is -0.274. The van der Waals surface area contributed by atoms with E-state index in [9.17, 15) is 26.3 Å². The molecule has 2 aromatic heterocycles. The first kappa shape index (κ1) is 21.4. The number of pyridine rings is 1. The second kappa shape index (κ2) is 7.26. The molecule has 3 heterocycles. The Hall–Kier alpha value is -2.50. The highest BCUT2D eigenvalue weighted by molar-refractivity contribution is 5.64. The van der Waals surface area contributed by atoms with Crippen molar-refractivity contribution in [2.24, 2.45) is 17.8 Å². The third-order valence-corrected chi connectivity index (χ3v) is 6.33. The average Bonchev–Trinajstić information content (AvgIpc) is 3.50. The highest BCUT2D eigenvalue weighted by Crippen LogP contribution is 2.56. The normalized spacial score (nSPS) is 25.8. The van der Waals surface area contributed by atoms with Gasteiger partial charge in [-0.3, -0.25) is 4.90 Å². The lowest BCUT2D eigenvalue weighted by Crippen LogP contribution is -2.34. The molecule has 5 rings (SSSR count). The first-order chi connectivity index (χ1) is 15.0. The number of nitrogen functional groups attached to an aromatic ring is 1. The maximum Gasteiger partial charge on any atom is 0.573 e. The van der Waals surface area contributed by atoms with Crippen LogP contribution in [0.2, 0.25) is 0 Å². The zero-order valence-corrected chi connectivity index (χ0v) is 16.8. The third-order valence-electron chi connectivity index (χ3n) is 6.33. The standard InChI is InChI=1S/C20H21F6N5O/c21-19(22,23)9-30-6-12-13(7-30)17(12)31-8-14(29-16(31)3-10-1-2-10)11-4-15(18(27)28-5-11)32-20(24,25)26/h4-5,8,10,12-13,17H,1-3,6-7,9H2,(H2,27,28)/t12-,13+,17?. The molecule has 2 saturated carbocycles. The van der Waals surface area contributed by atoms with Crippen LogP contribution in [0.4, 0.5) is 32.2 Å². The first-order valence-electron chi connectivity index (χ1n) is 10.4. The number of nitrogens with two attached hydrogens (primary N) is 1. The zero-order valence-electron chi connectivity index (χ0n) is 16.8. The summed E-state index contributed by atoms with van der Waals surface area (Å²) in [4.78, 5) is 9.88. The van der Waals surface area contributed by atoms with E-state index in [1.807, 2.05) is 4.57 Å². The van der Waals surface area contributed by atoms with Crippen molar-refractivity contribution in [3.05, 3.63) is 24.3 Å². The Morgan fingerprint density at radius 1 is 1.09 bits per heavy atom. The van der Waals surface area contributed by atoms with Crippen molar-refractivity contribution in [1.82, 2.24) is 19.4 Å². The molecule has 1 saturated heterocycles. The van der Waals surface area contributed by atoms with Gasteiger partial charge in [-0.05, 0) is 36.7 Å². The molecule has 0 spiro atoms. The Bertz CT molecular complexity index is 1000. The monoisotopic (exact) mass is 461 g/mol. The van der Waals surface area contributed by atoms with Gasteiger partial charge in [0.1, 0.15) is 5.82 Å². The van der Waals surface area contributed by atoms with Gasteiger partial charge in [0.05, 0.1) is 12.2 Å². The molecule has 174 valence electrons. The van der Waals surface area contributed by atoms with Crippen molar-refractivity contribution in [3.8, 4) is 17.0 Å². The van der Waals surface area contributed by atoms with Crippen LogP contribution in [-0.2, 0) is 6.42 Å². The van der Waals surface area contributed by atoms with E-state index >= 15 is 0 Å². The number of imidazole rings is 1. The summed E-state index contributed by atoms with van der Waals surface area (Å²) >= 11 is 0. The van der Waals surface area contributed by atoms with Crippen molar-refractivity contribution in [2.45, 2.75) is 37.8 Å². The Labute approximate surface area is 179 Å². The van der Waals surface area contributed by atoms with Crippen LogP contribution in [0.1, 0.15) is 24.7 Å². The molecule has 2 aliphatic carbocycles. The van der Waals surface area contributed by atoms with Crippen molar-refractivity contribution < 1.29 is 31.1 Å². The van der Waals surface area contributed by atoms with Crippen LogP contribution in [0, 0.1) is 17.8 Å². The minimum Gasteiger partial charge on any atom is -0.402 e. The molecule has 12 heteroatoms. The summed E-state index contributed by atoms with van der Waals surface area (Å²) in [5.74, 6) is 0.568. The number of rotatable bonds is 6. The number of aromatic nitrogens is 3. The van der Waals surface area contributed by atoms with Crippen molar-refractivity contribution in [2.75, 3.05) is 25.4 Å². The van der Waals surface area contributed by atoms with Crippen LogP contribution >= 0.6 is 0 Å². The summed E-state index contributed by atoms with van der Waals surface area (Å²) in [6.07, 6.45) is -3.11. The van der Waals surface area contributed by atoms with Crippen LogP contribution in [0.25, 0.3) is 11.3 Å². The van der Waals surface area contributed by atoms with Crippen molar-refractivity contribution in [3.63, 3.8) is 0 Å². The highest BCUT2D eigenvalue weighted by Gasteiger charge is 2.58. The summed E-state index contributed by atoms with van der Waals surface area (Å²) in [5.41, 5.74) is 6.29. The van der Waals surface area contributed by atoms with E-state index in [-0.39, 0.29) is 23.7 Å². The van der Waals surface area contributed by atoms with E-state index in [2.05, 4.69) is 14.7 Å². The second-order valence-electron chi connectivity index (χ2n) is 8.88. The van der Waals surface area contributed by atoms with E-state index in [0.29, 0.717) is 30.3 Å². The van der Waals surface area contributed by atoms with Crippen molar-refractivity contribution in [1.29, 1.82) is 0 Å². The van der Waals surface area contributed by atoms with Gasteiger partial charge in [0.2, 0.25) is 0 Å². The molecule has 2 aromatic rings. The predicted octanol–water partition coefficient (Wildman–Crippen LogP) is 4.04. The van der Waals surface area contributed by atoms with Crippen LogP contribution in [0.5, 0.6) is 5.75 Å². The number of anilines is 1. The Kier molecular flexibility index (Phi) is 4.84. The molecule has 32 heavy (non-hydrogen) atoms. The minimum atomic E-state index is -4.90. The number of nitrogens with zero attached hydrogens (tertiary/aromatic N) is 4. The van der Waals surface area contributed by atoms with Crippen LogP contribution in [0.15, 0.2) is 18.5 Å². The lowest BCUT2D eigenvalue weighted by atomic mass is 10.2. The molecule has 1 aliphatic heterocycles. The van der Waals surface area contributed by atoms with Gasteiger partial charge in [-0.25, -0.2) is 9.97 Å². The fourth-order valence-corrected chi connectivity index (χ4v) is 4.74. The Balaban J connectivity index is 1.38. The van der Waals surface area contributed by atoms with E-state index < -0.39 is 24.8 Å². The predicted molar refractivity (Wildman–Crippen MR) is 101 cm³/mol. The van der Waals surface area contributed by atoms with Gasteiger partial charge in [-0.15, -0.1) is 13.2 Å². The van der Waals surface area contributed by atoms with Gasteiger partial charge in [-0.2, -0.15) is 13.2 Å². The van der Waals surface area contributed by atoms with Crippen molar-refractivity contribution >= 4 is 5.82 Å². The number of hydrogen-bond donors (Lipinski definition) is 1. The summed E-state index contributed by atoms with van der Waals surface area (Å²) in [7, 11) is 0. The third kappa shape index (κ3) is 4.50. The molecule has 0 radical (unpaired) electrons. The molecule has 3 atom stereocenters. The average molecular weight is 461 g/mol. The Morgan fingerprint density at radius 3 is 2.38 bits per heavy atom. The van der Waals surface area contributed by atoms with E-state index in [4.69, 9.17) is 5.73 Å². The summed E-state index contributed by atoms with van der Waals surface area (Å²) in [6.45, 7) is -0.160.